The van der Waals surface area contributed by atoms with E-state index in [9.17, 15) is 4.79 Å². The normalized spacial score (nSPS) is 15.4. The van der Waals surface area contributed by atoms with Gasteiger partial charge in [0.05, 0.1) is 6.54 Å². The van der Waals surface area contributed by atoms with E-state index in [2.05, 4.69) is 26.1 Å². The average Bonchev–Trinajstić information content (AvgIpc) is 3.08. The summed E-state index contributed by atoms with van der Waals surface area (Å²) in [7, 11) is 0. The fourth-order valence-corrected chi connectivity index (χ4v) is 2.23. The van der Waals surface area contributed by atoms with Crippen molar-refractivity contribution in [3.63, 3.8) is 0 Å². The number of furan rings is 1. The molecule has 0 spiro atoms. The number of hydrogen-bond donors (Lipinski definition) is 1. The summed E-state index contributed by atoms with van der Waals surface area (Å²) in [4.78, 5) is 14.3. The van der Waals surface area contributed by atoms with Gasteiger partial charge in [-0.1, -0.05) is 0 Å². The predicted molar refractivity (Wildman–Crippen MR) is 79.4 cm³/mol. The predicted octanol–water partition coefficient (Wildman–Crippen LogP) is 2.86. The van der Waals surface area contributed by atoms with E-state index < -0.39 is 0 Å². The van der Waals surface area contributed by atoms with Crippen molar-refractivity contribution >= 4 is 5.91 Å². The Morgan fingerprint density at radius 1 is 1.40 bits per heavy atom. The summed E-state index contributed by atoms with van der Waals surface area (Å²) in [6.45, 7) is 9.60. The van der Waals surface area contributed by atoms with Crippen LogP contribution in [0.1, 0.15) is 51.6 Å². The van der Waals surface area contributed by atoms with Crippen LogP contribution in [0.15, 0.2) is 16.5 Å². The van der Waals surface area contributed by atoms with Crippen LogP contribution in [-0.2, 0) is 11.3 Å². The molecule has 2 rings (SSSR count). The van der Waals surface area contributed by atoms with Gasteiger partial charge in [0.25, 0.3) is 0 Å². The van der Waals surface area contributed by atoms with Crippen molar-refractivity contribution < 1.29 is 9.21 Å². The van der Waals surface area contributed by atoms with E-state index in [0.717, 1.165) is 30.9 Å². The molecule has 112 valence electrons. The van der Waals surface area contributed by atoms with Gasteiger partial charge in [-0.25, -0.2) is 0 Å². The highest BCUT2D eigenvalue weighted by Gasteiger charge is 2.32. The minimum absolute atomic E-state index is 0.0583. The van der Waals surface area contributed by atoms with E-state index >= 15 is 0 Å². The summed E-state index contributed by atoms with van der Waals surface area (Å²) >= 11 is 0. The Hall–Kier alpha value is -1.29. The van der Waals surface area contributed by atoms with Crippen LogP contribution in [-0.4, -0.2) is 28.9 Å². The molecule has 1 aromatic heterocycles. The number of aryl methyl sites for hydroxylation is 1. The van der Waals surface area contributed by atoms with Crippen molar-refractivity contribution in [3.05, 3.63) is 23.7 Å². The maximum atomic E-state index is 12.4. The highest BCUT2D eigenvalue weighted by molar-refractivity contribution is 5.77. The Morgan fingerprint density at radius 3 is 2.60 bits per heavy atom. The summed E-state index contributed by atoms with van der Waals surface area (Å²) in [5.41, 5.74) is 0.0583. The molecule has 4 heteroatoms. The van der Waals surface area contributed by atoms with Crippen LogP contribution in [0.3, 0.4) is 0 Å². The molecule has 0 bridgehead atoms. The summed E-state index contributed by atoms with van der Waals surface area (Å²) in [5, 5.41) is 3.36. The van der Waals surface area contributed by atoms with Crippen molar-refractivity contribution in [3.8, 4) is 0 Å². The van der Waals surface area contributed by atoms with Crippen molar-refractivity contribution in [1.29, 1.82) is 0 Å². The van der Waals surface area contributed by atoms with Crippen LogP contribution < -0.4 is 5.32 Å². The zero-order chi connectivity index (χ0) is 14.8. The first-order valence-electron chi connectivity index (χ1n) is 7.45. The van der Waals surface area contributed by atoms with Crippen molar-refractivity contribution in [2.45, 2.75) is 65.1 Å². The van der Waals surface area contributed by atoms with E-state index in [4.69, 9.17) is 4.42 Å². The van der Waals surface area contributed by atoms with Crippen LogP contribution >= 0.6 is 0 Å². The van der Waals surface area contributed by atoms with Crippen LogP contribution in [0, 0.1) is 6.92 Å². The molecule has 1 N–H and O–H groups in total. The Bertz CT molecular complexity index is 455. The first kappa shape index (κ1) is 15.1. The lowest BCUT2D eigenvalue weighted by Gasteiger charge is -2.24. The van der Waals surface area contributed by atoms with Gasteiger partial charge >= 0.3 is 0 Å². The van der Waals surface area contributed by atoms with Gasteiger partial charge in [-0.3, -0.25) is 4.79 Å². The van der Waals surface area contributed by atoms with E-state index in [1.807, 2.05) is 24.0 Å². The maximum Gasteiger partial charge on any atom is 0.224 e. The van der Waals surface area contributed by atoms with Gasteiger partial charge in [-0.2, -0.15) is 0 Å². The molecule has 1 aliphatic rings. The Morgan fingerprint density at radius 2 is 2.10 bits per heavy atom. The molecular weight excluding hydrogens is 252 g/mol. The minimum Gasteiger partial charge on any atom is -0.464 e. The fraction of sp³-hybridized carbons (Fsp3) is 0.688. The number of carbonyl (C=O) groups is 1. The molecule has 1 fully saturated rings. The number of hydrogen-bond acceptors (Lipinski definition) is 3. The summed E-state index contributed by atoms with van der Waals surface area (Å²) in [5.74, 6) is 2.00. The maximum absolute atomic E-state index is 12.4. The van der Waals surface area contributed by atoms with Gasteiger partial charge in [0.2, 0.25) is 5.91 Å². The zero-order valence-corrected chi connectivity index (χ0v) is 13.0. The van der Waals surface area contributed by atoms with E-state index in [1.165, 1.54) is 0 Å². The lowest BCUT2D eigenvalue weighted by molar-refractivity contribution is -0.132. The van der Waals surface area contributed by atoms with E-state index in [0.29, 0.717) is 19.0 Å². The number of amides is 1. The Kier molecular flexibility index (Phi) is 4.53. The number of nitrogens with zero attached hydrogens (tertiary/aromatic N) is 1. The van der Waals surface area contributed by atoms with Gasteiger partial charge in [0.1, 0.15) is 11.5 Å². The molecule has 0 unspecified atom stereocenters. The molecule has 1 heterocycles. The smallest absolute Gasteiger partial charge is 0.224 e. The van der Waals surface area contributed by atoms with Gasteiger partial charge in [-0.15, -0.1) is 0 Å². The fourth-order valence-electron chi connectivity index (χ4n) is 2.23. The third-order valence-electron chi connectivity index (χ3n) is 3.42. The van der Waals surface area contributed by atoms with Crippen LogP contribution in [0.2, 0.25) is 0 Å². The first-order valence-corrected chi connectivity index (χ1v) is 7.45. The molecule has 0 radical (unpaired) electrons. The summed E-state index contributed by atoms with van der Waals surface area (Å²) in [6.07, 6.45) is 2.80. The average molecular weight is 278 g/mol. The zero-order valence-electron chi connectivity index (χ0n) is 13.0. The standard InChI is InChI=1S/C16H26N2O2/c1-12-5-8-14(20-12)11-18(13-6-7-13)15(19)9-10-17-16(2,3)4/h5,8,13,17H,6-7,9-11H2,1-4H3. The molecule has 0 aliphatic heterocycles. The molecule has 0 saturated heterocycles. The van der Waals surface area contributed by atoms with Crippen molar-refractivity contribution in [2.75, 3.05) is 6.54 Å². The first-order chi connectivity index (χ1) is 9.35. The molecule has 0 aromatic carbocycles. The van der Waals surface area contributed by atoms with Gasteiger partial charge in [-0.05, 0) is 52.7 Å². The number of rotatable bonds is 6. The molecule has 0 atom stereocenters. The topological polar surface area (TPSA) is 45.5 Å². The molecule has 1 aromatic rings. The van der Waals surface area contributed by atoms with Gasteiger partial charge in [0, 0.05) is 24.5 Å². The molecule has 4 nitrogen and oxygen atoms in total. The Balaban J connectivity index is 1.86. The van der Waals surface area contributed by atoms with Crippen molar-refractivity contribution in [2.24, 2.45) is 0 Å². The third kappa shape index (κ3) is 4.67. The summed E-state index contributed by atoms with van der Waals surface area (Å²) < 4.78 is 5.59. The SMILES string of the molecule is Cc1ccc(CN(C(=O)CCNC(C)(C)C)C2CC2)o1. The molecule has 1 saturated carbocycles. The summed E-state index contributed by atoms with van der Waals surface area (Å²) in [6, 6.07) is 4.33. The van der Waals surface area contributed by atoms with Crippen LogP contribution in [0.4, 0.5) is 0 Å². The highest BCUT2D eigenvalue weighted by atomic mass is 16.3. The lowest BCUT2D eigenvalue weighted by atomic mass is 10.1. The lowest BCUT2D eigenvalue weighted by Crippen LogP contribution is -2.40. The van der Waals surface area contributed by atoms with E-state index in [1.54, 1.807) is 0 Å². The van der Waals surface area contributed by atoms with Crippen molar-refractivity contribution in [1.82, 2.24) is 10.2 Å². The second kappa shape index (κ2) is 6.00. The third-order valence-corrected chi connectivity index (χ3v) is 3.42. The van der Waals surface area contributed by atoms with Gasteiger partial charge < -0.3 is 14.6 Å². The van der Waals surface area contributed by atoms with Gasteiger partial charge in [0.15, 0.2) is 0 Å². The largest absolute Gasteiger partial charge is 0.464 e. The quantitative estimate of drug-likeness (QED) is 0.870. The molecule has 1 aliphatic carbocycles. The second-order valence-electron chi connectivity index (χ2n) is 6.69. The monoisotopic (exact) mass is 278 g/mol. The Labute approximate surface area is 121 Å². The van der Waals surface area contributed by atoms with Crippen LogP contribution in [0.25, 0.3) is 0 Å². The highest BCUT2D eigenvalue weighted by Crippen LogP contribution is 2.29. The number of carbonyl (C=O) groups excluding carboxylic acids is 1. The second-order valence-corrected chi connectivity index (χ2v) is 6.69. The molecule has 1 amide bonds. The molecular formula is C16H26N2O2. The van der Waals surface area contributed by atoms with Crippen LogP contribution in [0.5, 0.6) is 0 Å². The minimum atomic E-state index is 0.0583. The molecule has 20 heavy (non-hydrogen) atoms. The number of nitrogens with one attached hydrogen (secondary N) is 1. The van der Waals surface area contributed by atoms with E-state index in [-0.39, 0.29) is 11.4 Å².